The molecule has 0 amide bonds. The van der Waals surface area contributed by atoms with Crippen LogP contribution in [0, 0.1) is 0 Å². The van der Waals surface area contributed by atoms with E-state index in [1.807, 2.05) is 0 Å². The van der Waals surface area contributed by atoms with Gasteiger partial charge in [-0.15, -0.1) is 0 Å². The van der Waals surface area contributed by atoms with E-state index in [2.05, 4.69) is 0 Å². The first kappa shape index (κ1) is 10.5. The van der Waals surface area contributed by atoms with Crippen molar-refractivity contribution in [3.8, 4) is 5.75 Å². The van der Waals surface area contributed by atoms with Crippen LogP contribution in [0.1, 0.15) is 15.9 Å². The van der Waals surface area contributed by atoms with E-state index >= 15 is 0 Å². The van der Waals surface area contributed by atoms with Crippen LogP contribution in [0.5, 0.6) is 5.75 Å². The second-order valence-corrected chi connectivity index (χ2v) is 2.64. The van der Waals surface area contributed by atoms with Crippen molar-refractivity contribution in [2.75, 3.05) is 6.73 Å². The third-order valence-electron chi connectivity index (χ3n) is 1.78. The number of rotatable bonds is 4. The minimum absolute atomic E-state index is 0.0520. The van der Waals surface area contributed by atoms with E-state index in [0.717, 1.165) is 0 Å². The fourth-order valence-electron chi connectivity index (χ4n) is 1.13. The van der Waals surface area contributed by atoms with Gasteiger partial charge >= 0.3 is 5.97 Å². The van der Waals surface area contributed by atoms with Gasteiger partial charge in [0, 0.05) is 6.54 Å². The van der Waals surface area contributed by atoms with Crippen molar-refractivity contribution in [3.63, 3.8) is 0 Å². The lowest BCUT2D eigenvalue weighted by Crippen LogP contribution is -2.10. The van der Waals surface area contributed by atoms with Gasteiger partial charge < -0.3 is 15.6 Å². The Hall–Kier alpha value is -1.59. The van der Waals surface area contributed by atoms with E-state index in [9.17, 15) is 4.79 Å². The van der Waals surface area contributed by atoms with E-state index < -0.39 is 5.97 Å². The summed E-state index contributed by atoms with van der Waals surface area (Å²) in [5, 5.41) is 8.80. The molecule has 0 bridgehead atoms. The largest absolute Gasteiger partial charge is 0.479 e. The number of ether oxygens (including phenoxy) is 1. The topological polar surface area (TPSA) is 98.6 Å². The highest BCUT2D eigenvalue weighted by Gasteiger charge is 2.09. The van der Waals surface area contributed by atoms with Crippen LogP contribution in [-0.2, 0) is 6.54 Å². The maximum absolute atomic E-state index is 10.7. The van der Waals surface area contributed by atoms with Crippen LogP contribution < -0.4 is 16.2 Å². The number of carboxylic acid groups (broad SMARTS) is 1. The van der Waals surface area contributed by atoms with Crippen LogP contribution >= 0.6 is 0 Å². The standard InChI is InChI=1S/C9H12N2O3/c10-4-6-3-7(14-5-11)1-2-8(6)9(12)13/h1-3H,4-5,10-11H2,(H,12,13). The summed E-state index contributed by atoms with van der Waals surface area (Å²) in [6, 6.07) is 4.58. The number of carboxylic acids is 1. The Kier molecular flexibility index (Phi) is 3.44. The number of nitrogens with two attached hydrogens (primary N) is 2. The molecule has 1 aromatic carbocycles. The molecule has 1 aromatic rings. The monoisotopic (exact) mass is 196 g/mol. The summed E-state index contributed by atoms with van der Waals surface area (Å²) in [4.78, 5) is 10.7. The van der Waals surface area contributed by atoms with Gasteiger partial charge in [-0.3, -0.25) is 5.73 Å². The molecule has 0 aliphatic rings. The molecule has 0 saturated carbocycles. The van der Waals surface area contributed by atoms with Crippen molar-refractivity contribution < 1.29 is 14.6 Å². The number of hydrogen-bond donors (Lipinski definition) is 3. The molecular weight excluding hydrogens is 184 g/mol. The normalized spacial score (nSPS) is 9.86. The summed E-state index contributed by atoms with van der Waals surface area (Å²) in [6.45, 7) is 0.208. The molecule has 0 spiro atoms. The molecule has 76 valence electrons. The second-order valence-electron chi connectivity index (χ2n) is 2.64. The lowest BCUT2D eigenvalue weighted by Gasteiger charge is -2.07. The highest BCUT2D eigenvalue weighted by Crippen LogP contribution is 2.17. The summed E-state index contributed by atoms with van der Waals surface area (Å²) in [7, 11) is 0. The van der Waals surface area contributed by atoms with Crippen LogP contribution in [0.3, 0.4) is 0 Å². The SMILES string of the molecule is NCOc1ccc(C(=O)O)c(CN)c1. The minimum atomic E-state index is -0.996. The van der Waals surface area contributed by atoms with Gasteiger partial charge in [-0.1, -0.05) is 0 Å². The van der Waals surface area contributed by atoms with Crippen molar-refractivity contribution in [1.29, 1.82) is 0 Å². The molecule has 0 fully saturated rings. The van der Waals surface area contributed by atoms with Crippen molar-refractivity contribution in [2.45, 2.75) is 6.54 Å². The lowest BCUT2D eigenvalue weighted by molar-refractivity contribution is 0.0695. The zero-order chi connectivity index (χ0) is 10.6. The maximum Gasteiger partial charge on any atom is 0.336 e. The summed E-state index contributed by atoms with van der Waals surface area (Å²) in [5.41, 5.74) is 11.3. The van der Waals surface area contributed by atoms with Crippen molar-refractivity contribution in [1.82, 2.24) is 0 Å². The van der Waals surface area contributed by atoms with Gasteiger partial charge in [0.25, 0.3) is 0 Å². The molecule has 0 radical (unpaired) electrons. The molecule has 0 atom stereocenters. The van der Waals surface area contributed by atoms with E-state index in [1.165, 1.54) is 6.07 Å². The molecule has 5 heteroatoms. The van der Waals surface area contributed by atoms with Crippen LogP contribution in [0.15, 0.2) is 18.2 Å². The first-order chi connectivity index (χ1) is 6.69. The fraction of sp³-hybridized carbons (Fsp3) is 0.222. The predicted octanol–water partition coefficient (Wildman–Crippen LogP) is 0.138. The molecule has 0 saturated heterocycles. The number of benzene rings is 1. The molecule has 0 aliphatic heterocycles. The van der Waals surface area contributed by atoms with E-state index in [4.69, 9.17) is 21.3 Å². The highest BCUT2D eigenvalue weighted by atomic mass is 16.5. The Bertz CT molecular complexity index is 339. The number of hydrogen-bond acceptors (Lipinski definition) is 4. The van der Waals surface area contributed by atoms with E-state index in [0.29, 0.717) is 11.3 Å². The second kappa shape index (κ2) is 4.59. The first-order valence-corrected chi connectivity index (χ1v) is 4.08. The quantitative estimate of drug-likeness (QED) is 0.595. The van der Waals surface area contributed by atoms with Gasteiger partial charge in [0.15, 0.2) is 0 Å². The molecule has 1 rings (SSSR count). The van der Waals surface area contributed by atoms with Gasteiger partial charge in [0.2, 0.25) is 0 Å². The van der Waals surface area contributed by atoms with Crippen molar-refractivity contribution in [2.24, 2.45) is 11.5 Å². The van der Waals surface area contributed by atoms with Crippen molar-refractivity contribution in [3.05, 3.63) is 29.3 Å². The van der Waals surface area contributed by atoms with Gasteiger partial charge in [0.1, 0.15) is 12.5 Å². The summed E-state index contributed by atoms with van der Waals surface area (Å²) in [6.07, 6.45) is 0. The van der Waals surface area contributed by atoms with Gasteiger partial charge in [-0.25, -0.2) is 4.79 Å². The Balaban J connectivity index is 3.05. The van der Waals surface area contributed by atoms with Gasteiger partial charge in [-0.05, 0) is 23.8 Å². The third kappa shape index (κ3) is 2.21. The molecule has 0 unspecified atom stereocenters. The summed E-state index contributed by atoms with van der Waals surface area (Å²) in [5.74, 6) is -0.470. The third-order valence-corrected chi connectivity index (χ3v) is 1.78. The summed E-state index contributed by atoms with van der Waals surface area (Å²) >= 11 is 0. The van der Waals surface area contributed by atoms with Crippen LogP contribution in [0.25, 0.3) is 0 Å². The lowest BCUT2D eigenvalue weighted by atomic mass is 10.1. The maximum atomic E-state index is 10.7. The number of aromatic carboxylic acids is 1. The highest BCUT2D eigenvalue weighted by molar-refractivity contribution is 5.89. The van der Waals surface area contributed by atoms with Crippen LogP contribution in [0.2, 0.25) is 0 Å². The first-order valence-electron chi connectivity index (χ1n) is 4.08. The average Bonchev–Trinajstić information content (AvgIpc) is 2.17. The fourth-order valence-corrected chi connectivity index (χ4v) is 1.13. The molecule has 5 N–H and O–H groups in total. The Morgan fingerprint density at radius 2 is 2.14 bits per heavy atom. The zero-order valence-corrected chi connectivity index (χ0v) is 7.56. The van der Waals surface area contributed by atoms with Crippen LogP contribution in [-0.4, -0.2) is 17.8 Å². The van der Waals surface area contributed by atoms with Crippen LogP contribution in [0.4, 0.5) is 0 Å². The molecule has 0 aliphatic carbocycles. The Morgan fingerprint density at radius 3 is 2.64 bits per heavy atom. The smallest absolute Gasteiger partial charge is 0.336 e. The van der Waals surface area contributed by atoms with Gasteiger partial charge in [0.05, 0.1) is 5.56 Å². The molecule has 0 aromatic heterocycles. The predicted molar refractivity (Wildman–Crippen MR) is 51.0 cm³/mol. The molecule has 5 nitrogen and oxygen atoms in total. The van der Waals surface area contributed by atoms with E-state index in [-0.39, 0.29) is 18.8 Å². The van der Waals surface area contributed by atoms with Crippen molar-refractivity contribution >= 4 is 5.97 Å². The number of carbonyl (C=O) groups is 1. The summed E-state index contributed by atoms with van der Waals surface area (Å²) < 4.78 is 5.01. The Labute approximate surface area is 81.3 Å². The minimum Gasteiger partial charge on any atom is -0.479 e. The Morgan fingerprint density at radius 1 is 1.43 bits per heavy atom. The average molecular weight is 196 g/mol. The van der Waals surface area contributed by atoms with E-state index in [1.54, 1.807) is 12.1 Å². The zero-order valence-electron chi connectivity index (χ0n) is 7.56. The molecule has 14 heavy (non-hydrogen) atoms. The molecular formula is C9H12N2O3. The van der Waals surface area contributed by atoms with Gasteiger partial charge in [-0.2, -0.15) is 0 Å². The molecule has 0 heterocycles.